The van der Waals surface area contributed by atoms with Gasteiger partial charge in [-0.3, -0.25) is 4.79 Å². The molecule has 0 spiro atoms. The van der Waals surface area contributed by atoms with Gasteiger partial charge in [0, 0.05) is 33.7 Å². The van der Waals surface area contributed by atoms with Crippen LogP contribution in [-0.2, 0) is 16.0 Å². The third-order valence-corrected chi connectivity index (χ3v) is 6.46. The molecule has 0 saturated carbocycles. The summed E-state index contributed by atoms with van der Waals surface area (Å²) in [5.41, 5.74) is 2.76. The fourth-order valence-electron chi connectivity index (χ4n) is 3.64. The van der Waals surface area contributed by atoms with Crippen LogP contribution in [0, 0.1) is 23.5 Å². The first-order chi connectivity index (χ1) is 17.1. The summed E-state index contributed by atoms with van der Waals surface area (Å²) in [6.45, 7) is 5.72. The summed E-state index contributed by atoms with van der Waals surface area (Å²) in [7, 11) is 0. The maximum absolute atomic E-state index is 12.6. The van der Waals surface area contributed by atoms with Gasteiger partial charge in [-0.15, -0.1) is 0 Å². The number of nitriles is 1. The number of ether oxygens (including phenoxy) is 1. The van der Waals surface area contributed by atoms with Gasteiger partial charge in [0.1, 0.15) is 17.7 Å². The van der Waals surface area contributed by atoms with Gasteiger partial charge in [-0.2, -0.15) is 17.0 Å². The van der Waals surface area contributed by atoms with E-state index in [0.29, 0.717) is 35.8 Å². The molecule has 2 heterocycles. The Labute approximate surface area is 212 Å². The number of carbonyl (C=O) groups excluding carboxylic acids is 1. The highest BCUT2D eigenvalue weighted by atomic mass is 32.2. The molecule has 3 aromatic rings. The van der Waals surface area contributed by atoms with Crippen molar-refractivity contribution in [2.24, 2.45) is 0 Å². The number of nitrogens with one attached hydrogen (secondary N) is 2. The Morgan fingerprint density at radius 3 is 2.69 bits per heavy atom. The molecular formula is C27H33N3O4S. The topological polar surface area (TPSA) is 104 Å². The molecule has 0 aliphatic carbocycles. The van der Waals surface area contributed by atoms with Crippen molar-refractivity contribution in [2.75, 3.05) is 26.0 Å². The van der Waals surface area contributed by atoms with Crippen LogP contribution >= 0.6 is 11.8 Å². The van der Waals surface area contributed by atoms with Crippen molar-refractivity contribution < 1.29 is 16.8 Å². The van der Waals surface area contributed by atoms with Crippen LogP contribution in [-0.4, -0.2) is 49.3 Å². The van der Waals surface area contributed by atoms with Crippen LogP contribution in [0.4, 0.5) is 0 Å². The van der Waals surface area contributed by atoms with Crippen molar-refractivity contribution in [1.82, 2.24) is 10.6 Å². The SMILES string of the molecule is CC.CSC1CNCC(C(=O)NC(C#N)Cc2ccc(-c3ccc4oc(=O)c#cc4c3)cc2)OC1.[HH].[HH]. The first-order valence-electron chi connectivity index (χ1n) is 11.6. The number of benzene rings is 2. The molecule has 2 N–H and O–H groups in total. The van der Waals surface area contributed by atoms with Crippen molar-refractivity contribution in [3.63, 3.8) is 0 Å². The van der Waals surface area contributed by atoms with E-state index in [0.717, 1.165) is 23.2 Å². The summed E-state index contributed by atoms with van der Waals surface area (Å²) < 4.78 is 10.8. The van der Waals surface area contributed by atoms with Crippen molar-refractivity contribution in [3.05, 3.63) is 70.6 Å². The third kappa shape index (κ3) is 7.10. The zero-order valence-corrected chi connectivity index (χ0v) is 20.9. The normalized spacial score (nSPS) is 18.2. The molecule has 1 saturated heterocycles. The Balaban J connectivity index is 0.00000167. The van der Waals surface area contributed by atoms with Gasteiger partial charge in [0.05, 0.1) is 18.1 Å². The Kier molecular flexibility index (Phi) is 9.75. The minimum absolute atomic E-state index is 0. The molecule has 0 bridgehead atoms. The van der Waals surface area contributed by atoms with Crippen LogP contribution in [0.5, 0.6) is 0 Å². The van der Waals surface area contributed by atoms with Crippen molar-refractivity contribution in [1.29, 1.82) is 5.26 Å². The molecule has 3 atom stereocenters. The van der Waals surface area contributed by atoms with Crippen LogP contribution in [0.25, 0.3) is 22.1 Å². The van der Waals surface area contributed by atoms with E-state index < -0.39 is 17.8 Å². The zero-order chi connectivity index (χ0) is 25.2. The number of hydrogen-bond acceptors (Lipinski definition) is 7. The maximum atomic E-state index is 12.6. The number of carbonyl (C=O) groups is 1. The molecule has 8 heteroatoms. The zero-order valence-electron chi connectivity index (χ0n) is 20.1. The quantitative estimate of drug-likeness (QED) is 0.535. The van der Waals surface area contributed by atoms with Gasteiger partial charge >= 0.3 is 5.63 Å². The smallest absolute Gasteiger partial charge is 0.390 e. The van der Waals surface area contributed by atoms with Gasteiger partial charge in [-0.25, -0.2) is 4.79 Å². The summed E-state index contributed by atoms with van der Waals surface area (Å²) in [5.74, 6) is -0.275. The Hall–Kier alpha value is -3.30. The molecule has 3 unspecified atom stereocenters. The molecule has 1 aromatic heterocycles. The van der Waals surface area contributed by atoms with Gasteiger partial charge in [-0.05, 0) is 35.1 Å². The van der Waals surface area contributed by atoms with Crippen LogP contribution in [0.15, 0.2) is 51.7 Å². The summed E-state index contributed by atoms with van der Waals surface area (Å²) in [6.07, 6.45) is 1.80. The average Bonchev–Trinajstić information content (AvgIpc) is 3.15. The molecule has 0 radical (unpaired) electrons. The lowest BCUT2D eigenvalue weighted by Gasteiger charge is -2.18. The van der Waals surface area contributed by atoms with Crippen molar-refractivity contribution in [3.8, 4) is 17.2 Å². The van der Waals surface area contributed by atoms with Crippen molar-refractivity contribution in [2.45, 2.75) is 37.7 Å². The van der Waals surface area contributed by atoms with E-state index in [4.69, 9.17) is 9.15 Å². The fourth-order valence-corrected chi connectivity index (χ4v) is 4.14. The third-order valence-electron chi connectivity index (χ3n) is 5.49. The van der Waals surface area contributed by atoms with Crippen LogP contribution in [0.1, 0.15) is 22.3 Å². The monoisotopic (exact) mass is 495 g/mol. The summed E-state index contributed by atoms with van der Waals surface area (Å²) in [4.78, 5) is 23.9. The molecule has 1 fully saturated rings. The van der Waals surface area contributed by atoms with E-state index in [1.54, 1.807) is 17.8 Å². The standard InChI is InChI=1S/C25H23N3O4S.C2H6.2H2/c1-33-21-13-27-14-23(31-15-21)25(30)28-20(12-26)10-16-2-4-17(5-3-16)18-6-8-22-19(11-18)7-9-24(29)32-22;1-2;;/h2-6,8,11,20-21,23,27H,10,13-15H2,1H3,(H,28,30);1-2H3;2*1H. The molecule has 1 aliphatic rings. The Morgan fingerprint density at radius 1 is 1.23 bits per heavy atom. The lowest BCUT2D eigenvalue weighted by atomic mass is 10.00. The van der Waals surface area contributed by atoms with Gasteiger partial charge in [0.15, 0.2) is 0 Å². The number of amides is 1. The minimum atomic E-state index is -0.653. The van der Waals surface area contributed by atoms with Gasteiger partial charge < -0.3 is 19.8 Å². The van der Waals surface area contributed by atoms with E-state index in [1.165, 1.54) is 0 Å². The number of nitrogens with zero attached hydrogens (tertiary/aromatic N) is 1. The van der Waals surface area contributed by atoms with E-state index in [2.05, 4.69) is 28.8 Å². The first-order valence-corrected chi connectivity index (χ1v) is 12.9. The predicted octanol–water partition coefficient (Wildman–Crippen LogP) is 3.85. The molecule has 1 aliphatic heterocycles. The Morgan fingerprint density at radius 2 is 1.97 bits per heavy atom. The lowest BCUT2D eigenvalue weighted by molar-refractivity contribution is -0.132. The van der Waals surface area contributed by atoms with Crippen LogP contribution in [0.3, 0.4) is 0 Å². The van der Waals surface area contributed by atoms with Crippen LogP contribution in [0.2, 0.25) is 0 Å². The second-order valence-electron chi connectivity index (χ2n) is 7.78. The van der Waals surface area contributed by atoms with E-state index in [9.17, 15) is 14.9 Å². The van der Waals surface area contributed by atoms with Gasteiger partial charge in [0.25, 0.3) is 5.91 Å². The number of thioether (sulfide) groups is 1. The van der Waals surface area contributed by atoms with Gasteiger partial charge in [-0.1, -0.05) is 50.2 Å². The predicted molar refractivity (Wildman–Crippen MR) is 142 cm³/mol. The largest absolute Gasteiger partial charge is 0.416 e. The second kappa shape index (κ2) is 13.0. The molecule has 35 heavy (non-hydrogen) atoms. The van der Waals surface area contributed by atoms with E-state index in [1.807, 2.05) is 56.5 Å². The van der Waals surface area contributed by atoms with Crippen molar-refractivity contribution >= 4 is 28.6 Å². The van der Waals surface area contributed by atoms with Crippen LogP contribution < -0.4 is 16.3 Å². The Bertz CT molecular complexity index is 1230. The molecule has 1 amide bonds. The number of hydrogen-bond donors (Lipinski definition) is 2. The summed E-state index contributed by atoms with van der Waals surface area (Å²) >= 11 is 1.70. The molecule has 2 aromatic carbocycles. The minimum Gasteiger partial charge on any atom is -0.416 e. The second-order valence-corrected chi connectivity index (χ2v) is 8.92. The average molecular weight is 496 g/mol. The number of rotatable bonds is 6. The number of fused-ring (bicyclic) bond motifs is 1. The first kappa shape index (κ1) is 26.3. The van der Waals surface area contributed by atoms with E-state index in [-0.39, 0.29) is 8.76 Å². The van der Waals surface area contributed by atoms with Gasteiger partial charge in [0.2, 0.25) is 0 Å². The molecule has 4 rings (SSSR count). The maximum Gasteiger partial charge on any atom is 0.390 e. The highest BCUT2D eigenvalue weighted by Gasteiger charge is 2.26. The fraction of sp³-hybridized carbons (Fsp3) is 0.370. The summed E-state index contributed by atoms with van der Waals surface area (Å²) in [6, 6.07) is 20.0. The highest BCUT2D eigenvalue weighted by Crippen LogP contribution is 2.24. The molecule has 7 nitrogen and oxygen atoms in total. The molecular weight excluding hydrogens is 462 g/mol. The highest BCUT2D eigenvalue weighted by molar-refractivity contribution is 7.99. The summed E-state index contributed by atoms with van der Waals surface area (Å²) in [5, 5.41) is 16.6. The molecule has 186 valence electrons. The van der Waals surface area contributed by atoms with E-state index >= 15 is 0 Å². The lowest BCUT2D eigenvalue weighted by Crippen LogP contribution is -2.46.